The maximum atomic E-state index is 11.3. The van der Waals surface area contributed by atoms with Crippen LogP contribution in [0.25, 0.3) is 0 Å². The molecule has 2 aliphatic carbocycles. The van der Waals surface area contributed by atoms with E-state index in [2.05, 4.69) is 27.4 Å². The minimum atomic E-state index is -1.04. The van der Waals surface area contributed by atoms with E-state index in [9.17, 15) is 9.90 Å². The Kier molecular flexibility index (Phi) is 4.20. The van der Waals surface area contributed by atoms with Gasteiger partial charge in [-0.05, 0) is 61.2 Å². The van der Waals surface area contributed by atoms with E-state index in [1.807, 2.05) is 0 Å². The molecule has 3 nitrogen and oxygen atoms in total. The Bertz CT molecular complexity index is 545. The fraction of sp³-hybridized carbons (Fsp3) is 0.750. The molecule has 0 amide bonds. The number of ether oxygens (including phenoxy) is 1. The van der Waals surface area contributed by atoms with Crippen LogP contribution < -0.4 is 0 Å². The van der Waals surface area contributed by atoms with E-state index in [0.29, 0.717) is 16.7 Å². The number of esters is 1. The smallest absolute Gasteiger partial charge is 0.333 e. The van der Waals surface area contributed by atoms with Crippen LogP contribution in [0.1, 0.15) is 65.7 Å². The first-order chi connectivity index (χ1) is 10.7. The quantitative estimate of drug-likeness (QED) is 0.621. The average molecular weight is 318 g/mol. The predicted octanol–water partition coefficient (Wildman–Crippen LogP) is 4.37. The maximum absolute atomic E-state index is 11.3. The molecular weight excluding hydrogens is 288 g/mol. The van der Waals surface area contributed by atoms with E-state index < -0.39 is 12.3 Å². The SMILES string of the molecule is C=C1CC[C@@H]2C(C)(C)CCC[C@@]2(C)[C@@H]1CCC1=CC(=O)O[C@H]1O. The van der Waals surface area contributed by atoms with Crippen LogP contribution >= 0.6 is 0 Å². The second-order valence-electron chi connectivity index (χ2n) is 8.70. The molecule has 0 bridgehead atoms. The van der Waals surface area contributed by atoms with Gasteiger partial charge in [0, 0.05) is 11.6 Å². The van der Waals surface area contributed by atoms with Gasteiger partial charge in [-0.1, -0.05) is 39.3 Å². The predicted molar refractivity (Wildman–Crippen MR) is 90.5 cm³/mol. The highest BCUT2D eigenvalue weighted by molar-refractivity contribution is 5.85. The molecule has 3 heteroatoms. The summed E-state index contributed by atoms with van der Waals surface area (Å²) in [6.45, 7) is 11.7. The summed E-state index contributed by atoms with van der Waals surface area (Å²) in [6, 6.07) is 0. The number of fused-ring (bicyclic) bond motifs is 1. The van der Waals surface area contributed by atoms with Crippen LogP contribution in [0.15, 0.2) is 23.8 Å². The zero-order valence-corrected chi connectivity index (χ0v) is 14.7. The standard InChI is InChI=1S/C20H30O3/c1-13-6-9-16-19(2,3)10-5-11-20(16,4)15(13)8-7-14-12-17(21)23-18(14)22/h12,15-16,18,22H,1,5-11H2,2-4H3/t15-,16-,18-,20+/m1/s1. The molecule has 128 valence electrons. The lowest BCUT2D eigenvalue weighted by Gasteiger charge is -2.58. The number of hydrogen-bond donors (Lipinski definition) is 1. The van der Waals surface area contributed by atoms with E-state index >= 15 is 0 Å². The van der Waals surface area contributed by atoms with E-state index in [0.717, 1.165) is 30.8 Å². The zero-order chi connectivity index (χ0) is 16.8. The number of aliphatic hydroxyl groups excluding tert-OH is 1. The molecule has 0 unspecified atom stereocenters. The van der Waals surface area contributed by atoms with Crippen molar-refractivity contribution in [1.29, 1.82) is 0 Å². The molecule has 0 aromatic carbocycles. The van der Waals surface area contributed by atoms with Gasteiger partial charge < -0.3 is 9.84 Å². The highest BCUT2D eigenvalue weighted by Crippen LogP contribution is 2.61. The summed E-state index contributed by atoms with van der Waals surface area (Å²) in [6.07, 6.45) is 8.35. The Morgan fingerprint density at radius 1 is 1.35 bits per heavy atom. The lowest BCUT2D eigenvalue weighted by molar-refractivity contribution is -0.151. The van der Waals surface area contributed by atoms with Crippen molar-refractivity contribution >= 4 is 5.97 Å². The third-order valence-corrected chi connectivity index (χ3v) is 6.89. The third kappa shape index (κ3) is 2.88. The first kappa shape index (κ1) is 16.8. The summed E-state index contributed by atoms with van der Waals surface area (Å²) in [4.78, 5) is 11.3. The Morgan fingerprint density at radius 3 is 2.74 bits per heavy atom. The number of allylic oxidation sites excluding steroid dienone is 1. The number of carbonyl (C=O) groups is 1. The van der Waals surface area contributed by atoms with Gasteiger partial charge in [0.05, 0.1) is 0 Å². The van der Waals surface area contributed by atoms with Gasteiger partial charge in [0.15, 0.2) is 0 Å². The largest absolute Gasteiger partial charge is 0.429 e. The van der Waals surface area contributed by atoms with Crippen molar-refractivity contribution in [1.82, 2.24) is 0 Å². The van der Waals surface area contributed by atoms with Crippen LogP contribution in [-0.2, 0) is 9.53 Å². The minimum absolute atomic E-state index is 0.298. The summed E-state index contributed by atoms with van der Waals surface area (Å²) in [5.74, 6) is 0.794. The fourth-order valence-electron chi connectivity index (χ4n) is 5.76. The number of cyclic esters (lactones) is 1. The van der Waals surface area contributed by atoms with Crippen LogP contribution in [0.4, 0.5) is 0 Å². The lowest BCUT2D eigenvalue weighted by atomic mass is 9.47. The first-order valence-electron chi connectivity index (χ1n) is 9.01. The number of carbonyl (C=O) groups excluding carboxylic acids is 1. The van der Waals surface area contributed by atoms with Gasteiger partial charge in [-0.15, -0.1) is 0 Å². The molecule has 0 aromatic heterocycles. The molecule has 1 aliphatic heterocycles. The van der Waals surface area contributed by atoms with Gasteiger partial charge in [-0.25, -0.2) is 4.79 Å². The molecule has 4 atom stereocenters. The van der Waals surface area contributed by atoms with Crippen molar-refractivity contribution in [2.75, 3.05) is 0 Å². The van der Waals surface area contributed by atoms with Gasteiger partial charge in [0.1, 0.15) is 0 Å². The molecule has 0 radical (unpaired) electrons. The van der Waals surface area contributed by atoms with Crippen molar-refractivity contribution in [3.8, 4) is 0 Å². The zero-order valence-electron chi connectivity index (χ0n) is 14.7. The monoisotopic (exact) mass is 318 g/mol. The van der Waals surface area contributed by atoms with Crippen LogP contribution in [0.5, 0.6) is 0 Å². The molecular formula is C20H30O3. The van der Waals surface area contributed by atoms with Crippen molar-refractivity contribution in [2.24, 2.45) is 22.7 Å². The summed E-state index contributed by atoms with van der Waals surface area (Å²) in [7, 11) is 0. The van der Waals surface area contributed by atoms with Crippen LogP contribution in [0.3, 0.4) is 0 Å². The number of rotatable bonds is 3. The van der Waals surface area contributed by atoms with Crippen LogP contribution in [0.2, 0.25) is 0 Å². The molecule has 1 heterocycles. The van der Waals surface area contributed by atoms with Gasteiger partial charge in [-0.3, -0.25) is 0 Å². The van der Waals surface area contributed by atoms with Crippen LogP contribution in [-0.4, -0.2) is 17.4 Å². The summed E-state index contributed by atoms with van der Waals surface area (Å²) in [5, 5.41) is 9.80. The van der Waals surface area contributed by atoms with Gasteiger partial charge in [0.2, 0.25) is 6.29 Å². The molecule has 2 saturated carbocycles. The van der Waals surface area contributed by atoms with Crippen molar-refractivity contribution in [2.45, 2.75) is 72.0 Å². The van der Waals surface area contributed by atoms with E-state index in [4.69, 9.17) is 4.74 Å². The van der Waals surface area contributed by atoms with Gasteiger partial charge in [0.25, 0.3) is 0 Å². The molecule has 0 aromatic rings. The van der Waals surface area contributed by atoms with Gasteiger partial charge >= 0.3 is 5.97 Å². The molecule has 0 saturated heterocycles. The van der Waals surface area contributed by atoms with E-state index in [1.165, 1.54) is 37.3 Å². The topological polar surface area (TPSA) is 46.5 Å². The second-order valence-corrected chi connectivity index (χ2v) is 8.70. The number of hydrogen-bond acceptors (Lipinski definition) is 3. The second kappa shape index (κ2) is 5.77. The van der Waals surface area contributed by atoms with E-state index in [-0.39, 0.29) is 0 Å². The minimum Gasteiger partial charge on any atom is -0.429 e. The maximum Gasteiger partial charge on any atom is 0.333 e. The van der Waals surface area contributed by atoms with Gasteiger partial charge in [-0.2, -0.15) is 0 Å². The Hall–Kier alpha value is -1.09. The molecule has 2 fully saturated rings. The molecule has 3 rings (SSSR count). The Balaban J connectivity index is 1.78. The van der Waals surface area contributed by atoms with E-state index in [1.54, 1.807) is 0 Å². The van der Waals surface area contributed by atoms with Crippen molar-refractivity contribution in [3.05, 3.63) is 23.8 Å². The normalized spacial score (nSPS) is 39.7. The highest BCUT2D eigenvalue weighted by Gasteiger charge is 2.52. The summed E-state index contributed by atoms with van der Waals surface area (Å²) < 4.78 is 4.81. The average Bonchev–Trinajstić information content (AvgIpc) is 2.75. The fourth-order valence-corrected chi connectivity index (χ4v) is 5.76. The molecule has 3 aliphatic rings. The first-order valence-corrected chi connectivity index (χ1v) is 9.01. The molecule has 1 N–H and O–H groups in total. The van der Waals surface area contributed by atoms with Crippen molar-refractivity contribution in [3.63, 3.8) is 0 Å². The number of aliphatic hydroxyl groups is 1. The third-order valence-electron chi connectivity index (χ3n) is 6.89. The summed E-state index contributed by atoms with van der Waals surface area (Å²) >= 11 is 0. The highest BCUT2D eigenvalue weighted by atomic mass is 16.6. The Labute approximate surface area is 139 Å². The summed E-state index contributed by atoms with van der Waals surface area (Å²) in [5.41, 5.74) is 2.79. The van der Waals surface area contributed by atoms with Crippen LogP contribution in [0, 0.1) is 22.7 Å². The van der Waals surface area contributed by atoms with Crippen molar-refractivity contribution < 1.29 is 14.6 Å². The molecule has 23 heavy (non-hydrogen) atoms. The lowest BCUT2D eigenvalue weighted by Crippen LogP contribution is -2.49. The Morgan fingerprint density at radius 2 is 2.09 bits per heavy atom. The molecule has 0 spiro atoms.